The number of rotatable bonds is 5. The molecule has 0 amide bonds. The molecule has 0 spiro atoms. The van der Waals surface area contributed by atoms with Gasteiger partial charge in [0.25, 0.3) is 0 Å². The molecule has 100 valence electrons. The summed E-state index contributed by atoms with van der Waals surface area (Å²) in [6.07, 6.45) is 6.46. The Bertz CT molecular complexity index is 573. The lowest BCUT2D eigenvalue weighted by atomic mass is 10.1. The molecule has 19 heavy (non-hydrogen) atoms. The standard InChI is InChI=1S/C15H18ClN3/c1-11-2-3-12(14(16)8-11)10-19-7-6-17-15(19)9-18-13-4-5-13/h2-3,6-8,13,18H,4-5,9-10H2,1H3. The van der Waals surface area contributed by atoms with Crippen LogP contribution in [0, 0.1) is 6.92 Å². The van der Waals surface area contributed by atoms with Crippen molar-refractivity contribution in [3.63, 3.8) is 0 Å². The van der Waals surface area contributed by atoms with Crippen molar-refractivity contribution in [1.82, 2.24) is 14.9 Å². The van der Waals surface area contributed by atoms with Crippen LogP contribution >= 0.6 is 11.6 Å². The van der Waals surface area contributed by atoms with Crippen molar-refractivity contribution in [3.05, 3.63) is 52.6 Å². The first kappa shape index (κ1) is 12.7. The highest BCUT2D eigenvalue weighted by Crippen LogP contribution is 2.21. The molecule has 1 N–H and O–H groups in total. The third-order valence-electron chi connectivity index (χ3n) is 3.48. The van der Waals surface area contributed by atoms with Crippen LogP contribution in [0.3, 0.4) is 0 Å². The molecule has 1 fully saturated rings. The maximum Gasteiger partial charge on any atom is 0.122 e. The van der Waals surface area contributed by atoms with Crippen LogP contribution in [0.2, 0.25) is 5.02 Å². The van der Waals surface area contributed by atoms with Crippen LogP contribution in [0.15, 0.2) is 30.6 Å². The molecule has 1 aliphatic rings. The van der Waals surface area contributed by atoms with Gasteiger partial charge in [0.05, 0.1) is 13.1 Å². The SMILES string of the molecule is Cc1ccc(Cn2ccnc2CNC2CC2)c(Cl)c1. The number of nitrogens with zero attached hydrogens (tertiary/aromatic N) is 2. The van der Waals surface area contributed by atoms with Gasteiger partial charge in [0.15, 0.2) is 0 Å². The normalized spacial score (nSPS) is 14.8. The molecule has 0 aliphatic heterocycles. The first-order chi connectivity index (χ1) is 9.22. The van der Waals surface area contributed by atoms with Crippen LogP contribution in [-0.4, -0.2) is 15.6 Å². The average Bonchev–Trinajstić information content (AvgIpc) is 3.11. The fourth-order valence-electron chi connectivity index (χ4n) is 2.14. The molecule has 0 bridgehead atoms. The van der Waals surface area contributed by atoms with E-state index in [0.29, 0.717) is 6.04 Å². The molecule has 1 saturated carbocycles. The van der Waals surface area contributed by atoms with Gasteiger partial charge in [0.1, 0.15) is 5.82 Å². The highest BCUT2D eigenvalue weighted by Gasteiger charge is 2.20. The number of hydrogen-bond acceptors (Lipinski definition) is 2. The van der Waals surface area contributed by atoms with Crippen molar-refractivity contribution in [1.29, 1.82) is 0 Å². The first-order valence-electron chi connectivity index (χ1n) is 6.71. The number of aromatic nitrogens is 2. The Morgan fingerprint density at radius 1 is 1.42 bits per heavy atom. The molecule has 0 saturated heterocycles. The quantitative estimate of drug-likeness (QED) is 0.908. The van der Waals surface area contributed by atoms with Gasteiger partial charge in [0.2, 0.25) is 0 Å². The van der Waals surface area contributed by atoms with Gasteiger partial charge in [-0.3, -0.25) is 0 Å². The summed E-state index contributed by atoms with van der Waals surface area (Å²) in [5, 5.41) is 4.32. The van der Waals surface area contributed by atoms with Crippen molar-refractivity contribution in [2.45, 2.75) is 38.9 Å². The van der Waals surface area contributed by atoms with E-state index in [1.54, 1.807) is 0 Å². The van der Waals surface area contributed by atoms with E-state index in [2.05, 4.69) is 33.9 Å². The van der Waals surface area contributed by atoms with E-state index < -0.39 is 0 Å². The second-order valence-corrected chi connectivity index (χ2v) is 5.63. The molecule has 3 rings (SSSR count). The van der Waals surface area contributed by atoms with Gasteiger partial charge < -0.3 is 9.88 Å². The Labute approximate surface area is 118 Å². The molecule has 3 nitrogen and oxygen atoms in total. The molecule has 1 aromatic heterocycles. The third-order valence-corrected chi connectivity index (χ3v) is 3.83. The maximum absolute atomic E-state index is 6.29. The van der Waals surface area contributed by atoms with Gasteiger partial charge >= 0.3 is 0 Å². The third kappa shape index (κ3) is 3.17. The predicted octanol–water partition coefficient (Wildman–Crippen LogP) is 3.15. The summed E-state index contributed by atoms with van der Waals surface area (Å²) in [5.41, 5.74) is 2.33. The molecule has 1 heterocycles. The van der Waals surface area contributed by atoms with Crippen LogP contribution in [0.5, 0.6) is 0 Å². The number of nitrogens with one attached hydrogen (secondary N) is 1. The van der Waals surface area contributed by atoms with Crippen LogP contribution in [0.1, 0.15) is 29.8 Å². The molecular weight excluding hydrogens is 258 g/mol. The number of benzene rings is 1. The zero-order chi connectivity index (χ0) is 13.2. The van der Waals surface area contributed by atoms with E-state index in [9.17, 15) is 0 Å². The number of halogens is 1. The molecule has 0 unspecified atom stereocenters. The smallest absolute Gasteiger partial charge is 0.122 e. The Morgan fingerprint density at radius 3 is 3.00 bits per heavy atom. The van der Waals surface area contributed by atoms with Crippen LogP contribution < -0.4 is 5.32 Å². The lowest BCUT2D eigenvalue weighted by molar-refractivity contribution is 0.618. The lowest BCUT2D eigenvalue weighted by Crippen LogP contribution is -2.19. The van der Waals surface area contributed by atoms with Crippen LogP contribution in [0.4, 0.5) is 0 Å². The Balaban J connectivity index is 1.73. The molecular formula is C15H18ClN3. The summed E-state index contributed by atoms with van der Waals surface area (Å²) in [5.74, 6) is 1.07. The van der Waals surface area contributed by atoms with Gasteiger partial charge in [-0.1, -0.05) is 23.7 Å². The highest BCUT2D eigenvalue weighted by atomic mass is 35.5. The Hall–Kier alpha value is -1.32. The van der Waals surface area contributed by atoms with Gasteiger partial charge in [0, 0.05) is 23.5 Å². The molecule has 0 atom stereocenters. The van der Waals surface area contributed by atoms with Crippen molar-refractivity contribution in [2.75, 3.05) is 0 Å². The fourth-order valence-corrected chi connectivity index (χ4v) is 2.43. The van der Waals surface area contributed by atoms with Crippen molar-refractivity contribution < 1.29 is 0 Å². The zero-order valence-electron chi connectivity index (χ0n) is 11.1. The summed E-state index contributed by atoms with van der Waals surface area (Å²) in [4.78, 5) is 4.42. The van der Waals surface area contributed by atoms with Gasteiger partial charge in [-0.25, -0.2) is 4.98 Å². The molecule has 1 aromatic carbocycles. The zero-order valence-corrected chi connectivity index (χ0v) is 11.8. The minimum absolute atomic E-state index is 0.702. The molecule has 0 radical (unpaired) electrons. The topological polar surface area (TPSA) is 29.9 Å². The Morgan fingerprint density at radius 2 is 2.26 bits per heavy atom. The largest absolute Gasteiger partial charge is 0.329 e. The Kier molecular flexibility index (Phi) is 3.58. The molecule has 2 aromatic rings. The predicted molar refractivity (Wildman–Crippen MR) is 77.4 cm³/mol. The second kappa shape index (κ2) is 5.35. The van der Waals surface area contributed by atoms with Gasteiger partial charge in [-0.05, 0) is 37.0 Å². The van der Waals surface area contributed by atoms with Crippen molar-refractivity contribution in [3.8, 4) is 0 Å². The van der Waals surface area contributed by atoms with Crippen molar-refractivity contribution in [2.24, 2.45) is 0 Å². The van der Waals surface area contributed by atoms with E-state index >= 15 is 0 Å². The van der Waals surface area contributed by atoms with E-state index in [1.807, 2.05) is 18.5 Å². The highest BCUT2D eigenvalue weighted by molar-refractivity contribution is 6.31. The van der Waals surface area contributed by atoms with Gasteiger partial charge in [-0.2, -0.15) is 0 Å². The van der Waals surface area contributed by atoms with Crippen LogP contribution in [-0.2, 0) is 13.1 Å². The van der Waals surface area contributed by atoms with Crippen molar-refractivity contribution >= 4 is 11.6 Å². The fraction of sp³-hybridized carbons (Fsp3) is 0.400. The average molecular weight is 276 g/mol. The maximum atomic E-state index is 6.29. The van der Waals surface area contributed by atoms with E-state index in [0.717, 1.165) is 29.5 Å². The van der Waals surface area contributed by atoms with E-state index in [1.165, 1.54) is 18.4 Å². The monoisotopic (exact) mass is 275 g/mol. The summed E-state index contributed by atoms with van der Waals surface area (Å²) in [7, 11) is 0. The molecule has 4 heteroatoms. The number of imidazole rings is 1. The van der Waals surface area contributed by atoms with E-state index in [4.69, 9.17) is 11.6 Å². The summed E-state index contributed by atoms with van der Waals surface area (Å²) < 4.78 is 2.16. The van der Waals surface area contributed by atoms with E-state index in [-0.39, 0.29) is 0 Å². The summed E-state index contributed by atoms with van der Waals surface area (Å²) in [6, 6.07) is 6.90. The minimum Gasteiger partial charge on any atom is -0.329 e. The molecule has 1 aliphatic carbocycles. The summed E-state index contributed by atoms with van der Waals surface area (Å²) >= 11 is 6.29. The minimum atomic E-state index is 0.702. The number of hydrogen-bond donors (Lipinski definition) is 1. The van der Waals surface area contributed by atoms with Gasteiger partial charge in [-0.15, -0.1) is 0 Å². The summed E-state index contributed by atoms with van der Waals surface area (Å²) in [6.45, 7) is 3.67. The van der Waals surface area contributed by atoms with Crippen LogP contribution in [0.25, 0.3) is 0 Å². The second-order valence-electron chi connectivity index (χ2n) is 5.22. The lowest BCUT2D eigenvalue weighted by Gasteiger charge is -2.10. The first-order valence-corrected chi connectivity index (χ1v) is 7.08. The number of aryl methyl sites for hydroxylation is 1.